The third-order valence-corrected chi connectivity index (χ3v) is 5.18. The molecule has 0 aliphatic carbocycles. The van der Waals surface area contributed by atoms with E-state index in [1.807, 2.05) is 0 Å². The first-order valence-electron chi connectivity index (χ1n) is 6.03. The highest BCUT2D eigenvalue weighted by molar-refractivity contribution is 7.99. The van der Waals surface area contributed by atoms with Crippen molar-refractivity contribution < 1.29 is 18.3 Å². The molecule has 0 fully saturated rings. The summed E-state index contributed by atoms with van der Waals surface area (Å²) in [6.45, 7) is 0. The fourth-order valence-corrected chi connectivity index (χ4v) is 3.77. The third-order valence-electron chi connectivity index (χ3n) is 2.80. The van der Waals surface area contributed by atoms with Crippen molar-refractivity contribution in [3.63, 3.8) is 0 Å². The third kappa shape index (κ3) is 3.73. The van der Waals surface area contributed by atoms with Gasteiger partial charge in [-0.05, 0) is 42.7 Å². The van der Waals surface area contributed by atoms with E-state index in [2.05, 4.69) is 4.72 Å². The highest BCUT2D eigenvalue weighted by atomic mass is 35.5. The van der Waals surface area contributed by atoms with E-state index >= 15 is 0 Å². The molecule has 22 heavy (non-hydrogen) atoms. The van der Waals surface area contributed by atoms with Crippen LogP contribution >= 0.6 is 23.4 Å². The number of aromatic carboxylic acids is 1. The number of benzene rings is 2. The van der Waals surface area contributed by atoms with Gasteiger partial charge in [-0.25, -0.2) is 13.2 Å². The lowest BCUT2D eigenvalue weighted by Crippen LogP contribution is -2.13. The van der Waals surface area contributed by atoms with Crippen LogP contribution in [0.15, 0.2) is 52.3 Å². The van der Waals surface area contributed by atoms with Gasteiger partial charge in [-0.2, -0.15) is 0 Å². The van der Waals surface area contributed by atoms with Crippen LogP contribution in [0, 0.1) is 0 Å². The number of nitrogens with one attached hydrogen (secondary N) is 1. The predicted octanol–water partition coefficient (Wildman–Crippen LogP) is 3.56. The van der Waals surface area contributed by atoms with E-state index in [-0.39, 0.29) is 10.5 Å². The number of hydrogen-bond acceptors (Lipinski definition) is 4. The number of sulfonamides is 1. The Morgan fingerprint density at radius 2 is 1.95 bits per heavy atom. The molecule has 0 unspecified atom stereocenters. The lowest BCUT2D eigenvalue weighted by molar-refractivity contribution is 0.0696. The minimum absolute atomic E-state index is 0.0364. The number of rotatable bonds is 5. The molecule has 0 spiro atoms. The van der Waals surface area contributed by atoms with Crippen molar-refractivity contribution in [2.24, 2.45) is 0 Å². The van der Waals surface area contributed by atoms with E-state index < -0.39 is 16.0 Å². The highest BCUT2D eigenvalue weighted by Gasteiger charge is 2.17. The van der Waals surface area contributed by atoms with E-state index in [0.717, 1.165) is 0 Å². The van der Waals surface area contributed by atoms with Crippen molar-refractivity contribution in [3.8, 4) is 0 Å². The summed E-state index contributed by atoms with van der Waals surface area (Å²) in [4.78, 5) is 11.5. The normalized spacial score (nSPS) is 11.2. The van der Waals surface area contributed by atoms with Crippen molar-refractivity contribution >= 4 is 45.0 Å². The number of anilines is 1. The molecule has 2 aromatic carbocycles. The molecule has 0 bridgehead atoms. The van der Waals surface area contributed by atoms with E-state index in [4.69, 9.17) is 16.7 Å². The number of hydrogen-bond donors (Lipinski definition) is 2. The van der Waals surface area contributed by atoms with Gasteiger partial charge in [0.1, 0.15) is 0 Å². The minimum Gasteiger partial charge on any atom is -0.478 e. The van der Waals surface area contributed by atoms with Gasteiger partial charge in [-0.15, -0.1) is 11.8 Å². The van der Waals surface area contributed by atoms with Crippen LogP contribution in [0.1, 0.15) is 10.4 Å². The Hall–Kier alpha value is -1.70. The number of thioether (sulfide) groups is 1. The van der Waals surface area contributed by atoms with Gasteiger partial charge < -0.3 is 5.11 Å². The molecule has 0 heterocycles. The van der Waals surface area contributed by atoms with E-state index in [1.54, 1.807) is 18.4 Å². The molecule has 2 aromatic rings. The van der Waals surface area contributed by atoms with Crippen LogP contribution in [0.4, 0.5) is 5.69 Å². The Morgan fingerprint density at radius 3 is 2.55 bits per heavy atom. The van der Waals surface area contributed by atoms with Gasteiger partial charge in [0, 0.05) is 9.92 Å². The number of carboxylic acids is 1. The largest absolute Gasteiger partial charge is 0.478 e. The first-order valence-corrected chi connectivity index (χ1v) is 9.12. The van der Waals surface area contributed by atoms with Crippen LogP contribution in [0.2, 0.25) is 5.02 Å². The smallest absolute Gasteiger partial charge is 0.335 e. The van der Waals surface area contributed by atoms with Gasteiger partial charge in [-0.1, -0.05) is 17.7 Å². The maximum atomic E-state index is 12.3. The minimum atomic E-state index is -3.80. The van der Waals surface area contributed by atoms with Crippen LogP contribution in [0.3, 0.4) is 0 Å². The quantitative estimate of drug-likeness (QED) is 0.799. The molecule has 0 aliphatic rings. The van der Waals surface area contributed by atoms with Crippen LogP contribution in [-0.2, 0) is 10.0 Å². The summed E-state index contributed by atoms with van der Waals surface area (Å²) in [5.41, 5.74) is 0.410. The summed E-state index contributed by atoms with van der Waals surface area (Å²) in [5.74, 6) is -1.07. The van der Waals surface area contributed by atoms with Gasteiger partial charge in [0.25, 0.3) is 10.0 Å². The Morgan fingerprint density at radius 1 is 1.23 bits per heavy atom. The summed E-state index contributed by atoms with van der Waals surface area (Å²) >= 11 is 7.06. The molecule has 8 heteroatoms. The first-order chi connectivity index (χ1) is 10.3. The highest BCUT2D eigenvalue weighted by Crippen LogP contribution is 2.29. The lowest BCUT2D eigenvalue weighted by Gasteiger charge is -2.12. The average molecular weight is 358 g/mol. The summed E-state index contributed by atoms with van der Waals surface area (Å²) < 4.78 is 27.1. The predicted molar refractivity (Wildman–Crippen MR) is 87.4 cm³/mol. The Labute approximate surface area is 137 Å². The Balaban J connectivity index is 2.39. The van der Waals surface area contributed by atoms with Crippen molar-refractivity contribution in [1.29, 1.82) is 0 Å². The first kappa shape index (κ1) is 16.7. The zero-order valence-electron chi connectivity index (χ0n) is 11.4. The summed E-state index contributed by atoms with van der Waals surface area (Å²) in [6.07, 6.45) is 1.73. The average Bonchev–Trinajstić information content (AvgIpc) is 2.47. The van der Waals surface area contributed by atoms with Crippen LogP contribution in [0.5, 0.6) is 0 Å². The summed E-state index contributed by atoms with van der Waals surface area (Å²) in [5, 5.41) is 9.29. The van der Waals surface area contributed by atoms with Crippen LogP contribution in [-0.4, -0.2) is 25.7 Å². The molecule has 0 saturated heterocycles. The molecular formula is C14H12ClNO4S2. The van der Waals surface area contributed by atoms with Gasteiger partial charge >= 0.3 is 5.97 Å². The molecule has 0 amide bonds. The summed E-state index contributed by atoms with van der Waals surface area (Å²) in [7, 11) is -3.80. The molecule has 0 aliphatic heterocycles. The Kier molecular flexibility index (Phi) is 5.00. The number of carbonyl (C=O) groups is 1. The summed E-state index contributed by atoms with van der Waals surface area (Å²) in [6, 6.07) is 10.1. The molecule has 0 atom stereocenters. The fraction of sp³-hybridized carbons (Fsp3) is 0.0714. The van der Waals surface area contributed by atoms with Crippen LogP contribution in [0.25, 0.3) is 0 Å². The van der Waals surface area contributed by atoms with Crippen molar-refractivity contribution in [2.75, 3.05) is 11.0 Å². The van der Waals surface area contributed by atoms with Crippen LogP contribution < -0.4 is 4.72 Å². The van der Waals surface area contributed by atoms with Gasteiger partial charge in [0.2, 0.25) is 0 Å². The van der Waals surface area contributed by atoms with Crippen molar-refractivity contribution in [1.82, 2.24) is 0 Å². The molecule has 5 nitrogen and oxygen atoms in total. The molecular weight excluding hydrogens is 346 g/mol. The van der Waals surface area contributed by atoms with Crippen molar-refractivity contribution in [2.45, 2.75) is 9.79 Å². The SMILES string of the molecule is CSc1cc(C(=O)O)ccc1NS(=O)(=O)c1cccc(Cl)c1. The topological polar surface area (TPSA) is 83.5 Å². The fourth-order valence-electron chi connectivity index (χ4n) is 1.75. The maximum absolute atomic E-state index is 12.3. The molecule has 0 aromatic heterocycles. The molecule has 116 valence electrons. The molecule has 2 rings (SSSR count). The zero-order valence-corrected chi connectivity index (χ0v) is 13.8. The second-order valence-electron chi connectivity index (χ2n) is 4.28. The van der Waals surface area contributed by atoms with E-state index in [9.17, 15) is 13.2 Å². The molecule has 0 saturated carbocycles. The lowest BCUT2D eigenvalue weighted by atomic mass is 10.2. The Bertz CT molecular complexity index is 821. The standard InChI is InChI=1S/C14H12ClNO4S2/c1-21-13-7-9(14(17)18)5-6-12(13)16-22(19,20)11-4-2-3-10(15)8-11/h2-8,16H,1H3,(H,17,18). The van der Waals surface area contributed by atoms with Gasteiger partial charge in [0.05, 0.1) is 16.1 Å². The monoisotopic (exact) mass is 357 g/mol. The zero-order chi connectivity index (χ0) is 16.3. The van der Waals surface area contributed by atoms with Gasteiger partial charge in [0.15, 0.2) is 0 Å². The molecule has 0 radical (unpaired) electrons. The number of carboxylic acid groups (broad SMARTS) is 1. The van der Waals surface area contributed by atoms with Gasteiger partial charge in [-0.3, -0.25) is 4.72 Å². The number of halogens is 1. The maximum Gasteiger partial charge on any atom is 0.335 e. The van der Waals surface area contributed by atoms with E-state index in [0.29, 0.717) is 15.6 Å². The van der Waals surface area contributed by atoms with E-state index in [1.165, 1.54) is 42.1 Å². The second kappa shape index (κ2) is 6.60. The molecule has 2 N–H and O–H groups in total. The second-order valence-corrected chi connectivity index (χ2v) is 7.25. The van der Waals surface area contributed by atoms with Crippen molar-refractivity contribution in [3.05, 3.63) is 53.1 Å².